The van der Waals surface area contributed by atoms with Crippen LogP contribution >= 0.6 is 0 Å². The summed E-state index contributed by atoms with van der Waals surface area (Å²) in [6.45, 7) is 3.52. The van der Waals surface area contributed by atoms with Crippen LogP contribution in [0.25, 0.3) is 0 Å². The van der Waals surface area contributed by atoms with E-state index < -0.39 is 0 Å². The smallest absolute Gasteiger partial charge is 0.309 e. The fourth-order valence-electron chi connectivity index (χ4n) is 0.677. The second-order valence-corrected chi connectivity index (χ2v) is 2.57. The molecule has 0 unspecified atom stereocenters. The summed E-state index contributed by atoms with van der Waals surface area (Å²) in [6, 6.07) is 1.21. The van der Waals surface area contributed by atoms with Gasteiger partial charge in [0.15, 0.2) is 11.5 Å². The van der Waals surface area contributed by atoms with E-state index in [1.165, 1.54) is 6.07 Å². The third kappa shape index (κ3) is 1.58. The van der Waals surface area contributed by atoms with Gasteiger partial charge in [0, 0.05) is 5.92 Å². The maximum Gasteiger partial charge on any atom is 0.309 e. The van der Waals surface area contributed by atoms with E-state index in [4.69, 9.17) is 5.11 Å². The lowest BCUT2D eigenvalue weighted by Crippen LogP contribution is -2.07. The number of Topliss-reactive ketones (excluding diaryl/α,β-unsaturated/α-hetero) is 1. The minimum Gasteiger partial charge on any atom is -0.479 e. The van der Waals surface area contributed by atoms with E-state index in [0.717, 1.165) is 0 Å². The van der Waals surface area contributed by atoms with Gasteiger partial charge >= 0.3 is 5.95 Å². The van der Waals surface area contributed by atoms with Gasteiger partial charge in [-0.15, -0.1) is 0 Å². The standard InChI is InChI=1S/C7H9NO3/c1-4(2)7(10)5-3-6(9)11-8-5/h3-4,9H,1-2H3. The van der Waals surface area contributed by atoms with Crippen molar-refractivity contribution in [2.24, 2.45) is 5.92 Å². The maximum absolute atomic E-state index is 11.1. The highest BCUT2D eigenvalue weighted by molar-refractivity contribution is 5.95. The number of nitrogens with zero attached hydrogens (tertiary/aromatic N) is 1. The lowest BCUT2D eigenvalue weighted by molar-refractivity contribution is 0.0930. The van der Waals surface area contributed by atoms with Crippen LogP contribution in [0.4, 0.5) is 0 Å². The van der Waals surface area contributed by atoms with Gasteiger partial charge in [0.2, 0.25) is 0 Å². The van der Waals surface area contributed by atoms with Crippen LogP contribution in [0.15, 0.2) is 10.6 Å². The minimum atomic E-state index is -0.325. The predicted octanol–water partition coefficient (Wildman–Crippen LogP) is 1.22. The van der Waals surface area contributed by atoms with E-state index in [1.54, 1.807) is 13.8 Å². The normalized spacial score (nSPS) is 10.5. The Balaban J connectivity index is 2.85. The number of hydrogen-bond acceptors (Lipinski definition) is 4. The first kappa shape index (κ1) is 7.78. The fraction of sp³-hybridized carbons (Fsp3) is 0.429. The summed E-state index contributed by atoms with van der Waals surface area (Å²) in [4.78, 5) is 11.1. The van der Waals surface area contributed by atoms with Crippen LogP contribution in [-0.4, -0.2) is 16.0 Å². The summed E-state index contributed by atoms with van der Waals surface area (Å²) >= 11 is 0. The van der Waals surface area contributed by atoms with Crippen molar-refractivity contribution < 1.29 is 14.4 Å². The molecule has 4 nitrogen and oxygen atoms in total. The van der Waals surface area contributed by atoms with E-state index >= 15 is 0 Å². The topological polar surface area (TPSA) is 63.3 Å². The molecule has 0 aromatic carbocycles. The van der Waals surface area contributed by atoms with Gasteiger partial charge in [0.1, 0.15) is 0 Å². The van der Waals surface area contributed by atoms with E-state index in [1.807, 2.05) is 0 Å². The highest BCUT2D eigenvalue weighted by Gasteiger charge is 2.14. The molecule has 0 bridgehead atoms. The summed E-state index contributed by atoms with van der Waals surface area (Å²) in [7, 11) is 0. The molecule has 0 saturated carbocycles. The van der Waals surface area contributed by atoms with E-state index in [2.05, 4.69) is 9.68 Å². The van der Waals surface area contributed by atoms with Crippen LogP contribution in [0.2, 0.25) is 0 Å². The molecule has 0 atom stereocenters. The third-order valence-electron chi connectivity index (χ3n) is 1.27. The van der Waals surface area contributed by atoms with Crippen molar-refractivity contribution in [3.8, 4) is 5.95 Å². The summed E-state index contributed by atoms with van der Waals surface area (Å²) < 4.78 is 4.32. The van der Waals surface area contributed by atoms with Gasteiger partial charge in [0.05, 0.1) is 6.07 Å². The number of carbonyl (C=O) groups excluding carboxylic acids is 1. The van der Waals surface area contributed by atoms with Crippen LogP contribution in [0.1, 0.15) is 24.3 Å². The molecule has 1 N–H and O–H groups in total. The molecule has 0 aliphatic heterocycles. The van der Waals surface area contributed by atoms with Gasteiger partial charge in [-0.1, -0.05) is 19.0 Å². The Morgan fingerprint density at radius 1 is 1.73 bits per heavy atom. The zero-order valence-electron chi connectivity index (χ0n) is 6.37. The zero-order valence-corrected chi connectivity index (χ0v) is 6.37. The first-order valence-corrected chi connectivity index (χ1v) is 3.31. The van der Waals surface area contributed by atoms with Crippen molar-refractivity contribution in [1.82, 2.24) is 5.16 Å². The number of aromatic nitrogens is 1. The van der Waals surface area contributed by atoms with Crippen LogP contribution in [0.3, 0.4) is 0 Å². The van der Waals surface area contributed by atoms with E-state index in [-0.39, 0.29) is 23.3 Å². The van der Waals surface area contributed by atoms with Crippen LogP contribution in [0.5, 0.6) is 5.95 Å². The number of hydrogen-bond donors (Lipinski definition) is 1. The Kier molecular flexibility index (Phi) is 1.94. The van der Waals surface area contributed by atoms with Crippen molar-refractivity contribution in [1.29, 1.82) is 0 Å². The average Bonchev–Trinajstić information content (AvgIpc) is 2.34. The van der Waals surface area contributed by atoms with Crippen LogP contribution in [0, 0.1) is 5.92 Å². The SMILES string of the molecule is CC(C)C(=O)c1cc(O)on1. The van der Waals surface area contributed by atoms with Gasteiger partial charge in [-0.05, 0) is 0 Å². The van der Waals surface area contributed by atoms with Crippen molar-refractivity contribution in [3.63, 3.8) is 0 Å². The minimum absolute atomic E-state index is 0.125. The molecule has 4 heteroatoms. The molecule has 0 saturated heterocycles. The Morgan fingerprint density at radius 3 is 2.73 bits per heavy atom. The van der Waals surface area contributed by atoms with Crippen molar-refractivity contribution >= 4 is 5.78 Å². The molecule has 1 aromatic rings. The first-order chi connectivity index (χ1) is 5.11. The molecule has 11 heavy (non-hydrogen) atoms. The number of aromatic hydroxyl groups is 1. The second-order valence-electron chi connectivity index (χ2n) is 2.57. The summed E-state index contributed by atoms with van der Waals surface area (Å²) in [5.41, 5.74) is 0.178. The molecule has 0 fully saturated rings. The Bertz CT molecular complexity index is 264. The number of ketones is 1. The molecular weight excluding hydrogens is 146 g/mol. The van der Waals surface area contributed by atoms with Gasteiger partial charge in [0.25, 0.3) is 0 Å². The van der Waals surface area contributed by atoms with Gasteiger partial charge < -0.3 is 9.63 Å². The third-order valence-corrected chi connectivity index (χ3v) is 1.27. The molecule has 60 valence electrons. The van der Waals surface area contributed by atoms with Gasteiger partial charge in [-0.3, -0.25) is 4.79 Å². The molecule has 0 aliphatic rings. The second kappa shape index (κ2) is 2.74. The molecule has 0 radical (unpaired) electrons. The van der Waals surface area contributed by atoms with Gasteiger partial charge in [-0.2, -0.15) is 0 Å². The van der Waals surface area contributed by atoms with Crippen molar-refractivity contribution in [3.05, 3.63) is 11.8 Å². The van der Waals surface area contributed by atoms with E-state index in [9.17, 15) is 4.79 Å². The number of rotatable bonds is 2. The summed E-state index contributed by atoms with van der Waals surface area (Å²) in [6.07, 6.45) is 0. The summed E-state index contributed by atoms with van der Waals surface area (Å²) in [5.74, 6) is -0.581. The van der Waals surface area contributed by atoms with Crippen molar-refractivity contribution in [2.75, 3.05) is 0 Å². The first-order valence-electron chi connectivity index (χ1n) is 3.31. The monoisotopic (exact) mass is 155 g/mol. The highest BCUT2D eigenvalue weighted by atomic mass is 16.5. The Morgan fingerprint density at radius 2 is 2.36 bits per heavy atom. The Labute approximate surface area is 63.8 Å². The van der Waals surface area contributed by atoms with Crippen LogP contribution in [-0.2, 0) is 0 Å². The highest BCUT2D eigenvalue weighted by Crippen LogP contribution is 2.13. The molecule has 1 aromatic heterocycles. The van der Waals surface area contributed by atoms with Gasteiger partial charge in [-0.25, -0.2) is 0 Å². The Hall–Kier alpha value is -1.32. The average molecular weight is 155 g/mol. The lowest BCUT2D eigenvalue weighted by atomic mass is 10.1. The van der Waals surface area contributed by atoms with E-state index in [0.29, 0.717) is 0 Å². The molecule has 1 rings (SSSR count). The molecule has 0 aliphatic carbocycles. The van der Waals surface area contributed by atoms with Crippen LogP contribution < -0.4 is 0 Å². The maximum atomic E-state index is 11.1. The number of carbonyl (C=O) groups is 1. The zero-order chi connectivity index (χ0) is 8.43. The fourth-order valence-corrected chi connectivity index (χ4v) is 0.677. The molecule has 0 spiro atoms. The molecular formula is C7H9NO3. The molecule has 0 amide bonds. The quantitative estimate of drug-likeness (QED) is 0.652. The largest absolute Gasteiger partial charge is 0.479 e. The predicted molar refractivity (Wildman–Crippen MR) is 37.3 cm³/mol. The summed E-state index contributed by atoms with van der Waals surface area (Å²) in [5, 5.41) is 12.1. The van der Waals surface area contributed by atoms with Crippen molar-refractivity contribution in [2.45, 2.75) is 13.8 Å². The molecule has 1 heterocycles. The lowest BCUT2D eigenvalue weighted by Gasteiger charge is -1.96.